The van der Waals surface area contributed by atoms with Gasteiger partial charge in [0.1, 0.15) is 0 Å². The van der Waals surface area contributed by atoms with Gasteiger partial charge < -0.3 is 0 Å². The molecule has 0 amide bonds. The normalized spacial score (nSPS) is 9.82. The minimum Gasteiger partial charge on any atom is -0.0931 e. The van der Waals surface area contributed by atoms with Crippen molar-refractivity contribution in [2.24, 2.45) is 0 Å². The summed E-state index contributed by atoms with van der Waals surface area (Å²) in [6, 6.07) is 29.3. The number of hydrogen-bond donors (Lipinski definition) is 0. The lowest BCUT2D eigenvalue weighted by molar-refractivity contribution is 1.18. The zero-order valence-electron chi connectivity index (χ0n) is 12.5. The fraction of sp³-hybridized carbons (Fsp3) is 0.0909. The van der Waals surface area contributed by atoms with Gasteiger partial charge in [0.15, 0.2) is 0 Å². The van der Waals surface area contributed by atoms with Crippen LogP contribution in [0.25, 0.3) is 0 Å². The first kappa shape index (κ1) is 14.2. The number of rotatable bonds is 3. The first-order valence-corrected chi connectivity index (χ1v) is 7.56. The van der Waals surface area contributed by atoms with Gasteiger partial charge in [0.25, 0.3) is 0 Å². The maximum Gasteiger partial charge on any atom is 0.0344 e. The summed E-state index contributed by atoms with van der Waals surface area (Å²) in [6.07, 6.45) is 1.72. The second-order valence-electron chi connectivity index (χ2n) is 5.28. The van der Waals surface area contributed by atoms with Gasteiger partial charge in [-0.3, -0.25) is 0 Å². The van der Waals surface area contributed by atoms with E-state index in [-0.39, 0.29) is 0 Å². The van der Waals surface area contributed by atoms with Crippen LogP contribution in [-0.2, 0) is 12.8 Å². The van der Waals surface area contributed by atoms with Crippen LogP contribution >= 0.6 is 0 Å². The molecule has 3 rings (SSSR count). The van der Waals surface area contributed by atoms with Gasteiger partial charge in [0.05, 0.1) is 0 Å². The second-order valence-corrected chi connectivity index (χ2v) is 5.28. The molecule has 3 aromatic rings. The van der Waals surface area contributed by atoms with Crippen molar-refractivity contribution in [1.82, 2.24) is 0 Å². The maximum atomic E-state index is 3.33. The summed E-state index contributed by atoms with van der Waals surface area (Å²) < 4.78 is 0. The molecule has 0 N–H and O–H groups in total. The van der Waals surface area contributed by atoms with Crippen molar-refractivity contribution >= 4 is 0 Å². The minimum atomic E-state index is 0.792. The molecule has 0 saturated carbocycles. The molecule has 3 aromatic carbocycles. The highest BCUT2D eigenvalue weighted by atomic mass is 14.0. The monoisotopic (exact) mass is 282 g/mol. The van der Waals surface area contributed by atoms with E-state index in [9.17, 15) is 0 Å². The Morgan fingerprint density at radius 1 is 0.591 bits per heavy atom. The van der Waals surface area contributed by atoms with Crippen LogP contribution in [0.5, 0.6) is 0 Å². The summed E-state index contributed by atoms with van der Waals surface area (Å²) in [4.78, 5) is 0. The van der Waals surface area contributed by atoms with Crippen molar-refractivity contribution in [3.05, 3.63) is 107 Å². The van der Waals surface area contributed by atoms with Gasteiger partial charge in [-0.2, -0.15) is 0 Å². The van der Waals surface area contributed by atoms with Crippen LogP contribution in [0.3, 0.4) is 0 Å². The third kappa shape index (κ3) is 3.87. The summed E-state index contributed by atoms with van der Waals surface area (Å²) >= 11 is 0. The first-order chi connectivity index (χ1) is 10.9. The van der Waals surface area contributed by atoms with Gasteiger partial charge in [-0.25, -0.2) is 0 Å². The lowest BCUT2D eigenvalue weighted by Gasteiger charge is -2.04. The fourth-order valence-electron chi connectivity index (χ4n) is 2.45. The molecule has 0 atom stereocenters. The van der Waals surface area contributed by atoms with Gasteiger partial charge in [-0.15, -0.1) is 0 Å². The van der Waals surface area contributed by atoms with E-state index < -0.39 is 0 Å². The Morgan fingerprint density at radius 3 is 1.91 bits per heavy atom. The highest BCUT2D eigenvalue weighted by Gasteiger charge is 2.00. The SMILES string of the molecule is C(#Cc1ccccc1Cc1ccccc1)Cc1ccccc1. The Kier molecular flexibility index (Phi) is 4.70. The third-order valence-electron chi connectivity index (χ3n) is 3.61. The van der Waals surface area contributed by atoms with Crippen LogP contribution in [0.2, 0.25) is 0 Å². The molecule has 0 fully saturated rings. The van der Waals surface area contributed by atoms with E-state index in [0.29, 0.717) is 0 Å². The van der Waals surface area contributed by atoms with Gasteiger partial charge in [-0.1, -0.05) is 90.7 Å². The molecule has 0 spiro atoms. The van der Waals surface area contributed by atoms with Gasteiger partial charge >= 0.3 is 0 Å². The van der Waals surface area contributed by atoms with Crippen molar-refractivity contribution in [2.75, 3.05) is 0 Å². The Morgan fingerprint density at radius 2 is 1.18 bits per heavy atom. The molecular formula is C22H18. The summed E-state index contributed by atoms with van der Waals surface area (Å²) in [5.41, 5.74) is 4.99. The molecule has 0 unspecified atom stereocenters. The predicted octanol–water partition coefficient (Wildman–Crippen LogP) is 4.87. The van der Waals surface area contributed by atoms with Crippen LogP contribution in [0, 0.1) is 11.8 Å². The molecule has 0 heterocycles. The molecule has 0 aromatic heterocycles. The van der Waals surface area contributed by atoms with Crippen LogP contribution < -0.4 is 0 Å². The van der Waals surface area contributed by atoms with Gasteiger partial charge in [-0.05, 0) is 29.2 Å². The van der Waals surface area contributed by atoms with Crippen LogP contribution in [0.1, 0.15) is 22.3 Å². The van der Waals surface area contributed by atoms with E-state index in [0.717, 1.165) is 18.4 Å². The van der Waals surface area contributed by atoms with Crippen molar-refractivity contribution in [3.8, 4) is 11.8 Å². The number of benzene rings is 3. The molecule has 22 heavy (non-hydrogen) atoms. The van der Waals surface area contributed by atoms with Gasteiger partial charge in [0.2, 0.25) is 0 Å². The molecular weight excluding hydrogens is 264 g/mol. The average molecular weight is 282 g/mol. The molecule has 0 saturated heterocycles. The zero-order chi connectivity index (χ0) is 15.0. The third-order valence-corrected chi connectivity index (χ3v) is 3.61. The molecule has 0 radical (unpaired) electrons. The summed E-state index contributed by atoms with van der Waals surface area (Å²) in [6.45, 7) is 0. The van der Waals surface area contributed by atoms with Crippen LogP contribution in [0.4, 0.5) is 0 Å². The van der Waals surface area contributed by atoms with E-state index in [1.165, 1.54) is 16.7 Å². The highest BCUT2D eigenvalue weighted by molar-refractivity contribution is 5.44. The summed E-state index contributed by atoms with van der Waals surface area (Å²) in [5, 5.41) is 0. The first-order valence-electron chi connectivity index (χ1n) is 7.56. The second kappa shape index (κ2) is 7.29. The van der Waals surface area contributed by atoms with Crippen molar-refractivity contribution in [3.63, 3.8) is 0 Å². The quantitative estimate of drug-likeness (QED) is 0.601. The van der Waals surface area contributed by atoms with E-state index in [2.05, 4.69) is 90.7 Å². The lowest BCUT2D eigenvalue weighted by atomic mass is 10.00. The fourth-order valence-corrected chi connectivity index (χ4v) is 2.45. The predicted molar refractivity (Wildman–Crippen MR) is 92.7 cm³/mol. The standard InChI is InChI=1S/C22H18/c1-3-10-19(11-4-1)14-9-17-21-15-7-8-16-22(21)18-20-12-5-2-6-13-20/h1-8,10-13,15-16H,14,18H2. The van der Waals surface area contributed by atoms with E-state index >= 15 is 0 Å². The molecule has 0 aliphatic carbocycles. The molecule has 0 bridgehead atoms. The molecule has 106 valence electrons. The lowest BCUT2D eigenvalue weighted by Crippen LogP contribution is -1.92. The van der Waals surface area contributed by atoms with Gasteiger partial charge in [0, 0.05) is 12.0 Å². The summed E-state index contributed by atoms with van der Waals surface area (Å²) in [5.74, 6) is 6.63. The zero-order valence-corrected chi connectivity index (χ0v) is 12.5. The smallest absolute Gasteiger partial charge is 0.0344 e. The van der Waals surface area contributed by atoms with Crippen molar-refractivity contribution in [2.45, 2.75) is 12.8 Å². The maximum absolute atomic E-state index is 3.33. The highest BCUT2D eigenvalue weighted by Crippen LogP contribution is 2.13. The average Bonchev–Trinajstić information content (AvgIpc) is 2.58. The van der Waals surface area contributed by atoms with Crippen LogP contribution in [-0.4, -0.2) is 0 Å². The molecule has 0 aliphatic heterocycles. The molecule has 0 aliphatic rings. The minimum absolute atomic E-state index is 0.792. The van der Waals surface area contributed by atoms with Crippen LogP contribution in [0.15, 0.2) is 84.9 Å². The van der Waals surface area contributed by atoms with E-state index in [4.69, 9.17) is 0 Å². The number of hydrogen-bond acceptors (Lipinski definition) is 0. The molecule has 0 heteroatoms. The largest absolute Gasteiger partial charge is 0.0931 e. The van der Waals surface area contributed by atoms with Crippen molar-refractivity contribution < 1.29 is 0 Å². The Hall–Kier alpha value is -2.78. The Bertz CT molecular complexity index is 774. The Labute approximate surface area is 132 Å². The van der Waals surface area contributed by atoms with E-state index in [1.807, 2.05) is 6.07 Å². The summed E-state index contributed by atoms with van der Waals surface area (Å²) in [7, 11) is 0. The molecule has 0 nitrogen and oxygen atoms in total. The Balaban J connectivity index is 1.77. The topological polar surface area (TPSA) is 0 Å². The van der Waals surface area contributed by atoms with E-state index in [1.54, 1.807) is 0 Å². The van der Waals surface area contributed by atoms with Crippen molar-refractivity contribution in [1.29, 1.82) is 0 Å².